The number of para-hydroxylation sites is 1. The minimum absolute atomic E-state index is 0.120. The number of anilines is 1. The minimum atomic E-state index is -2.96. The van der Waals surface area contributed by atoms with E-state index in [9.17, 15) is 8.42 Å². The van der Waals surface area contributed by atoms with Crippen LogP contribution in [0, 0.1) is 0 Å². The lowest BCUT2D eigenvalue weighted by molar-refractivity contribution is 0.593. The van der Waals surface area contributed by atoms with Crippen LogP contribution in [0.3, 0.4) is 0 Å². The summed E-state index contributed by atoms with van der Waals surface area (Å²) in [7, 11) is -2.96. The normalized spacial score (nSPS) is 13.4. The van der Waals surface area contributed by atoms with Gasteiger partial charge in [0, 0.05) is 11.8 Å². The van der Waals surface area contributed by atoms with E-state index in [1.165, 1.54) is 0 Å². The third-order valence-electron chi connectivity index (χ3n) is 2.22. The molecule has 1 N–H and O–H groups in total. The molecule has 1 rings (SSSR count). The first-order valence-corrected chi connectivity index (χ1v) is 7.36. The molecule has 0 amide bonds. The van der Waals surface area contributed by atoms with Gasteiger partial charge in [-0.1, -0.05) is 30.7 Å². The van der Waals surface area contributed by atoms with Gasteiger partial charge in [0.1, 0.15) is 0 Å². The van der Waals surface area contributed by atoms with E-state index >= 15 is 0 Å². The van der Waals surface area contributed by atoms with Gasteiger partial charge in [-0.25, -0.2) is 8.42 Å². The smallest absolute Gasteiger partial charge is 0.152 e. The van der Waals surface area contributed by atoms with Crippen molar-refractivity contribution in [3.8, 4) is 0 Å². The largest absolute Gasteiger partial charge is 0.380 e. The number of rotatable bonds is 5. The molecule has 0 aliphatic rings. The van der Waals surface area contributed by atoms with Crippen LogP contribution in [0.15, 0.2) is 24.3 Å². The van der Waals surface area contributed by atoms with Gasteiger partial charge in [0.15, 0.2) is 9.84 Å². The van der Waals surface area contributed by atoms with Crippen LogP contribution in [0.2, 0.25) is 5.02 Å². The summed E-state index contributed by atoms with van der Waals surface area (Å²) in [6.45, 7) is 3.48. The van der Waals surface area contributed by atoms with Crippen LogP contribution >= 0.6 is 11.6 Å². The molecule has 0 aliphatic carbocycles. The van der Waals surface area contributed by atoms with E-state index in [4.69, 9.17) is 11.6 Å². The van der Waals surface area contributed by atoms with Crippen LogP contribution < -0.4 is 5.32 Å². The van der Waals surface area contributed by atoms with E-state index in [1.807, 2.05) is 25.1 Å². The van der Waals surface area contributed by atoms with Crippen molar-refractivity contribution >= 4 is 27.1 Å². The van der Waals surface area contributed by atoms with Gasteiger partial charge in [-0.15, -0.1) is 0 Å². The Bertz CT molecular complexity index is 445. The molecule has 1 aromatic rings. The molecule has 0 radical (unpaired) electrons. The fraction of sp³-hybridized carbons (Fsp3) is 0.455. The number of benzene rings is 1. The second-order valence-corrected chi connectivity index (χ2v) is 6.53. The summed E-state index contributed by atoms with van der Waals surface area (Å²) in [5, 5.41) is 3.69. The van der Waals surface area contributed by atoms with Gasteiger partial charge in [-0.3, -0.25) is 0 Å². The highest BCUT2D eigenvalue weighted by molar-refractivity contribution is 7.91. The van der Waals surface area contributed by atoms with Crippen molar-refractivity contribution in [2.75, 3.05) is 16.8 Å². The van der Waals surface area contributed by atoms with E-state index in [0.717, 1.165) is 5.69 Å². The maximum atomic E-state index is 11.4. The first-order valence-electron chi connectivity index (χ1n) is 5.16. The van der Waals surface area contributed by atoms with Gasteiger partial charge >= 0.3 is 0 Å². The highest BCUT2D eigenvalue weighted by Gasteiger charge is 2.14. The Hall–Kier alpha value is -0.740. The van der Waals surface area contributed by atoms with Gasteiger partial charge in [0.25, 0.3) is 0 Å². The Morgan fingerprint density at radius 3 is 2.56 bits per heavy atom. The monoisotopic (exact) mass is 261 g/mol. The zero-order chi connectivity index (χ0) is 12.2. The molecule has 0 bridgehead atoms. The first-order chi connectivity index (χ1) is 7.44. The van der Waals surface area contributed by atoms with E-state index < -0.39 is 9.84 Å². The van der Waals surface area contributed by atoms with E-state index in [0.29, 0.717) is 5.02 Å². The first kappa shape index (κ1) is 13.3. The zero-order valence-corrected chi connectivity index (χ0v) is 11.0. The van der Waals surface area contributed by atoms with Crippen molar-refractivity contribution in [2.45, 2.75) is 19.9 Å². The van der Waals surface area contributed by atoms with Gasteiger partial charge in [0.2, 0.25) is 0 Å². The molecule has 90 valence electrons. The molecule has 0 saturated heterocycles. The third-order valence-corrected chi connectivity index (χ3v) is 4.44. The standard InChI is InChI=1S/C11H16ClNO2S/c1-3-16(14,15)8-9(2)13-11-7-5-4-6-10(11)12/h4-7,9,13H,3,8H2,1-2H3. The van der Waals surface area contributed by atoms with Crippen molar-refractivity contribution in [3.05, 3.63) is 29.3 Å². The molecular weight excluding hydrogens is 246 g/mol. The van der Waals surface area contributed by atoms with E-state index in [2.05, 4.69) is 5.32 Å². The molecule has 0 saturated carbocycles. The molecule has 0 heterocycles. The fourth-order valence-corrected chi connectivity index (χ4v) is 2.66. The summed E-state index contributed by atoms with van der Waals surface area (Å²) in [5.41, 5.74) is 0.767. The summed E-state index contributed by atoms with van der Waals surface area (Å²) < 4.78 is 22.8. The maximum Gasteiger partial charge on any atom is 0.152 e. The number of hydrogen-bond acceptors (Lipinski definition) is 3. The lowest BCUT2D eigenvalue weighted by atomic mass is 10.3. The Morgan fingerprint density at radius 2 is 2.00 bits per heavy atom. The van der Waals surface area contributed by atoms with Crippen LogP contribution in [0.25, 0.3) is 0 Å². The van der Waals surface area contributed by atoms with Crippen molar-refractivity contribution in [1.29, 1.82) is 0 Å². The molecule has 0 aliphatic heterocycles. The third kappa shape index (κ3) is 4.02. The van der Waals surface area contributed by atoms with Crippen LogP contribution in [0.5, 0.6) is 0 Å². The van der Waals surface area contributed by atoms with Crippen molar-refractivity contribution < 1.29 is 8.42 Å². The average molecular weight is 262 g/mol. The molecule has 0 spiro atoms. The molecule has 5 heteroatoms. The Labute approximate surface area is 102 Å². The predicted molar refractivity (Wildman–Crippen MR) is 68.9 cm³/mol. The average Bonchev–Trinajstić information content (AvgIpc) is 2.21. The highest BCUT2D eigenvalue weighted by atomic mass is 35.5. The van der Waals surface area contributed by atoms with Gasteiger partial charge < -0.3 is 5.32 Å². The van der Waals surface area contributed by atoms with Gasteiger partial charge in [-0.2, -0.15) is 0 Å². The Balaban J connectivity index is 2.66. The lowest BCUT2D eigenvalue weighted by Gasteiger charge is -2.15. The van der Waals surface area contributed by atoms with Crippen molar-refractivity contribution in [2.24, 2.45) is 0 Å². The molecule has 1 unspecified atom stereocenters. The minimum Gasteiger partial charge on any atom is -0.380 e. The van der Waals surface area contributed by atoms with Crippen molar-refractivity contribution in [3.63, 3.8) is 0 Å². The molecule has 0 aromatic heterocycles. The summed E-state index contributed by atoms with van der Waals surface area (Å²) in [6.07, 6.45) is 0. The van der Waals surface area contributed by atoms with Crippen LogP contribution in [-0.2, 0) is 9.84 Å². The summed E-state index contributed by atoms with van der Waals surface area (Å²) in [5.74, 6) is 0.288. The molecule has 3 nitrogen and oxygen atoms in total. The topological polar surface area (TPSA) is 46.2 Å². The number of halogens is 1. The van der Waals surface area contributed by atoms with E-state index in [-0.39, 0.29) is 17.5 Å². The maximum absolute atomic E-state index is 11.4. The second kappa shape index (κ2) is 5.55. The zero-order valence-electron chi connectivity index (χ0n) is 9.40. The summed E-state index contributed by atoms with van der Waals surface area (Å²) in [4.78, 5) is 0. The number of sulfone groups is 1. The Morgan fingerprint density at radius 1 is 1.38 bits per heavy atom. The van der Waals surface area contributed by atoms with Crippen LogP contribution in [-0.4, -0.2) is 26.0 Å². The lowest BCUT2D eigenvalue weighted by Crippen LogP contribution is -2.26. The van der Waals surface area contributed by atoms with Gasteiger partial charge in [-0.05, 0) is 19.1 Å². The summed E-state index contributed by atoms with van der Waals surface area (Å²) in [6, 6.07) is 7.14. The SMILES string of the molecule is CCS(=O)(=O)CC(C)Nc1ccccc1Cl. The highest BCUT2D eigenvalue weighted by Crippen LogP contribution is 2.21. The van der Waals surface area contributed by atoms with Crippen molar-refractivity contribution in [1.82, 2.24) is 0 Å². The fourth-order valence-electron chi connectivity index (χ4n) is 1.38. The molecule has 1 atom stereocenters. The van der Waals surface area contributed by atoms with E-state index in [1.54, 1.807) is 13.0 Å². The quantitative estimate of drug-likeness (QED) is 0.886. The predicted octanol–water partition coefficient (Wildman–Crippen LogP) is 2.58. The summed E-state index contributed by atoms with van der Waals surface area (Å²) >= 11 is 5.96. The Kier molecular flexibility index (Phi) is 4.62. The van der Waals surface area contributed by atoms with Gasteiger partial charge in [0.05, 0.1) is 16.5 Å². The molecular formula is C11H16ClNO2S. The second-order valence-electron chi connectivity index (χ2n) is 3.72. The van der Waals surface area contributed by atoms with Crippen LogP contribution in [0.4, 0.5) is 5.69 Å². The van der Waals surface area contributed by atoms with Crippen LogP contribution in [0.1, 0.15) is 13.8 Å². The molecule has 0 fully saturated rings. The number of hydrogen-bond donors (Lipinski definition) is 1. The number of nitrogens with one attached hydrogen (secondary N) is 1. The molecule has 1 aromatic carbocycles. The molecule has 16 heavy (non-hydrogen) atoms.